The van der Waals surface area contributed by atoms with Crippen LogP contribution in [0.5, 0.6) is 0 Å². The van der Waals surface area contributed by atoms with Crippen LogP contribution in [-0.4, -0.2) is 25.7 Å². The Morgan fingerprint density at radius 2 is 1.89 bits per heavy atom. The number of H-pyrrole nitrogens is 1. The fraction of sp³-hybridized carbons (Fsp3) is 0.190. The Balaban J connectivity index is 1.54. The minimum Gasteiger partial charge on any atom is -0.342 e. The summed E-state index contributed by atoms with van der Waals surface area (Å²) in [6.45, 7) is 1.92. The number of carbonyl (C=O) groups is 1. The summed E-state index contributed by atoms with van der Waals surface area (Å²) in [6, 6.07) is 17.6. The Bertz CT molecular complexity index is 1050. The fourth-order valence-electron chi connectivity index (χ4n) is 3.17. The van der Waals surface area contributed by atoms with Crippen molar-refractivity contribution in [2.45, 2.75) is 19.4 Å². The molecule has 6 heteroatoms. The van der Waals surface area contributed by atoms with E-state index < -0.39 is 0 Å². The van der Waals surface area contributed by atoms with E-state index in [4.69, 9.17) is 0 Å². The highest BCUT2D eigenvalue weighted by Crippen LogP contribution is 2.18. The second-order valence-electron chi connectivity index (χ2n) is 6.63. The van der Waals surface area contributed by atoms with E-state index in [9.17, 15) is 4.79 Å². The van der Waals surface area contributed by atoms with Crippen molar-refractivity contribution in [3.05, 3.63) is 83.4 Å². The van der Waals surface area contributed by atoms with Crippen molar-refractivity contribution in [1.29, 1.82) is 0 Å². The summed E-state index contributed by atoms with van der Waals surface area (Å²) in [4.78, 5) is 20.7. The van der Waals surface area contributed by atoms with Gasteiger partial charge in [-0.1, -0.05) is 42.5 Å². The molecule has 2 heterocycles. The third-order valence-corrected chi connectivity index (χ3v) is 4.69. The molecule has 0 bridgehead atoms. The average Bonchev–Trinajstić information content (AvgIpc) is 3.27. The zero-order chi connectivity index (χ0) is 18.8. The Labute approximate surface area is 157 Å². The number of fused-ring (bicyclic) bond motifs is 1. The minimum atomic E-state index is -0.241. The van der Waals surface area contributed by atoms with Crippen LogP contribution in [0.4, 0.5) is 0 Å². The molecule has 0 radical (unpaired) electrons. The van der Waals surface area contributed by atoms with E-state index in [0.29, 0.717) is 12.0 Å². The van der Waals surface area contributed by atoms with Crippen LogP contribution in [0, 0.1) is 0 Å². The van der Waals surface area contributed by atoms with Crippen molar-refractivity contribution in [2.75, 3.05) is 0 Å². The van der Waals surface area contributed by atoms with Crippen molar-refractivity contribution in [3.63, 3.8) is 0 Å². The van der Waals surface area contributed by atoms with Crippen LogP contribution in [-0.2, 0) is 13.5 Å². The number of nitrogens with one attached hydrogen (secondary N) is 2. The molecule has 136 valence electrons. The lowest BCUT2D eigenvalue weighted by Gasteiger charge is -2.12. The predicted molar refractivity (Wildman–Crippen MR) is 104 cm³/mol. The average molecular weight is 359 g/mol. The second-order valence-corrected chi connectivity index (χ2v) is 6.63. The van der Waals surface area contributed by atoms with Crippen LogP contribution in [0.3, 0.4) is 0 Å². The van der Waals surface area contributed by atoms with E-state index in [1.54, 1.807) is 10.9 Å². The van der Waals surface area contributed by atoms with Crippen molar-refractivity contribution in [3.8, 4) is 0 Å². The molecule has 1 unspecified atom stereocenters. The summed E-state index contributed by atoms with van der Waals surface area (Å²) >= 11 is 0. The maximum Gasteiger partial charge on any atom is 0.255 e. The third kappa shape index (κ3) is 3.46. The van der Waals surface area contributed by atoms with Gasteiger partial charge in [0.2, 0.25) is 0 Å². The first-order valence-electron chi connectivity index (χ1n) is 8.92. The number of nitrogens with zero attached hydrogens (tertiary/aromatic N) is 3. The molecule has 4 rings (SSSR count). The van der Waals surface area contributed by atoms with E-state index in [0.717, 1.165) is 28.1 Å². The Morgan fingerprint density at radius 1 is 1.15 bits per heavy atom. The third-order valence-electron chi connectivity index (χ3n) is 4.69. The lowest BCUT2D eigenvalue weighted by molar-refractivity contribution is 0.0937. The van der Waals surface area contributed by atoms with Crippen LogP contribution in [0.2, 0.25) is 0 Å². The quantitative estimate of drug-likeness (QED) is 0.574. The van der Waals surface area contributed by atoms with Crippen LogP contribution in [0.25, 0.3) is 11.0 Å². The van der Waals surface area contributed by atoms with Gasteiger partial charge in [0.25, 0.3) is 5.91 Å². The Morgan fingerprint density at radius 3 is 2.67 bits per heavy atom. The SMILES string of the molecule is CC(NC(=O)c1cnn(C)c1Cc1ccccc1)c1nc2ccccc2[nH]1. The molecule has 4 aromatic rings. The predicted octanol–water partition coefficient (Wildman–Crippen LogP) is 3.38. The molecule has 0 spiro atoms. The number of aryl methyl sites for hydroxylation is 1. The van der Waals surface area contributed by atoms with Crippen LogP contribution in [0.15, 0.2) is 60.8 Å². The summed E-state index contributed by atoms with van der Waals surface area (Å²) in [6.07, 6.45) is 2.28. The number of amides is 1. The van der Waals surface area contributed by atoms with Gasteiger partial charge in [0.15, 0.2) is 0 Å². The van der Waals surface area contributed by atoms with Gasteiger partial charge < -0.3 is 10.3 Å². The van der Waals surface area contributed by atoms with Gasteiger partial charge in [-0.3, -0.25) is 9.48 Å². The standard InChI is InChI=1S/C21H21N5O/c1-14(20-24-17-10-6-7-11-18(17)25-20)23-21(27)16-13-22-26(2)19(16)12-15-8-4-3-5-9-15/h3-11,13-14H,12H2,1-2H3,(H,23,27)(H,24,25). The number of rotatable bonds is 5. The highest BCUT2D eigenvalue weighted by Gasteiger charge is 2.20. The van der Waals surface area contributed by atoms with Gasteiger partial charge in [0.1, 0.15) is 5.82 Å². The minimum absolute atomic E-state index is 0.151. The maximum atomic E-state index is 12.9. The fourth-order valence-corrected chi connectivity index (χ4v) is 3.17. The van der Waals surface area contributed by atoms with Crippen molar-refractivity contribution in [1.82, 2.24) is 25.1 Å². The van der Waals surface area contributed by atoms with Gasteiger partial charge in [-0.2, -0.15) is 5.10 Å². The first kappa shape index (κ1) is 17.0. The Hall–Kier alpha value is -3.41. The van der Waals surface area contributed by atoms with Crippen LogP contribution >= 0.6 is 0 Å². The van der Waals surface area contributed by atoms with E-state index in [1.165, 1.54) is 0 Å². The summed E-state index contributed by atoms with van der Waals surface area (Å²) in [5.41, 5.74) is 4.46. The zero-order valence-electron chi connectivity index (χ0n) is 15.3. The van der Waals surface area contributed by atoms with E-state index in [1.807, 2.05) is 68.6 Å². The van der Waals surface area contributed by atoms with Crippen molar-refractivity contribution < 1.29 is 4.79 Å². The topological polar surface area (TPSA) is 75.6 Å². The Kier molecular flexibility index (Phi) is 4.46. The summed E-state index contributed by atoms with van der Waals surface area (Å²) in [5, 5.41) is 7.31. The zero-order valence-corrected chi connectivity index (χ0v) is 15.3. The van der Waals surface area contributed by atoms with Gasteiger partial charge in [-0.05, 0) is 24.6 Å². The van der Waals surface area contributed by atoms with Crippen molar-refractivity contribution >= 4 is 16.9 Å². The van der Waals surface area contributed by atoms with Gasteiger partial charge in [-0.25, -0.2) is 4.98 Å². The van der Waals surface area contributed by atoms with Gasteiger partial charge in [0.05, 0.1) is 34.5 Å². The molecule has 0 saturated carbocycles. The molecule has 2 aromatic heterocycles. The molecule has 2 N–H and O–H groups in total. The summed E-state index contributed by atoms with van der Waals surface area (Å²) < 4.78 is 1.76. The number of aromatic nitrogens is 4. The molecule has 0 aliphatic heterocycles. The molecule has 1 amide bonds. The molecule has 0 aliphatic carbocycles. The van der Waals surface area contributed by atoms with Crippen LogP contribution < -0.4 is 5.32 Å². The summed E-state index contributed by atoms with van der Waals surface area (Å²) in [7, 11) is 1.86. The number of carbonyl (C=O) groups excluding carboxylic acids is 1. The molecule has 0 aliphatic rings. The lowest BCUT2D eigenvalue weighted by Crippen LogP contribution is -2.28. The number of aromatic amines is 1. The molecule has 2 aromatic carbocycles. The van der Waals surface area contributed by atoms with Gasteiger partial charge in [0, 0.05) is 13.5 Å². The van der Waals surface area contributed by atoms with Gasteiger partial charge in [-0.15, -0.1) is 0 Å². The monoisotopic (exact) mass is 359 g/mol. The molecule has 1 atom stereocenters. The number of imidazole rings is 1. The molecule has 6 nitrogen and oxygen atoms in total. The first-order chi connectivity index (χ1) is 13.1. The molecular formula is C21H21N5O. The molecule has 27 heavy (non-hydrogen) atoms. The number of hydrogen-bond donors (Lipinski definition) is 2. The highest BCUT2D eigenvalue weighted by atomic mass is 16.1. The first-order valence-corrected chi connectivity index (χ1v) is 8.92. The second kappa shape index (κ2) is 7.07. The van der Waals surface area contributed by atoms with E-state index in [2.05, 4.69) is 20.4 Å². The van der Waals surface area contributed by atoms with Gasteiger partial charge >= 0.3 is 0 Å². The van der Waals surface area contributed by atoms with Crippen LogP contribution in [0.1, 0.15) is 40.4 Å². The smallest absolute Gasteiger partial charge is 0.255 e. The summed E-state index contributed by atoms with van der Waals surface area (Å²) in [5.74, 6) is 0.583. The number of benzene rings is 2. The molecule has 0 fully saturated rings. The number of hydrogen-bond acceptors (Lipinski definition) is 3. The number of para-hydroxylation sites is 2. The van der Waals surface area contributed by atoms with Crippen molar-refractivity contribution in [2.24, 2.45) is 7.05 Å². The van der Waals surface area contributed by atoms with E-state index in [-0.39, 0.29) is 11.9 Å². The molecular weight excluding hydrogens is 338 g/mol. The highest BCUT2D eigenvalue weighted by molar-refractivity contribution is 5.95. The molecule has 0 saturated heterocycles. The normalized spacial score (nSPS) is 12.2. The largest absolute Gasteiger partial charge is 0.342 e. The maximum absolute atomic E-state index is 12.9. The lowest BCUT2D eigenvalue weighted by atomic mass is 10.1. The van der Waals surface area contributed by atoms with E-state index >= 15 is 0 Å².